The lowest BCUT2D eigenvalue weighted by Crippen LogP contribution is -2.13. The molecule has 0 heterocycles. The van der Waals surface area contributed by atoms with E-state index in [0.717, 1.165) is 17.3 Å². The van der Waals surface area contributed by atoms with E-state index in [1.54, 1.807) is 0 Å². The number of fused-ring (bicyclic) bond motifs is 1. The topological polar surface area (TPSA) is 0 Å². The van der Waals surface area contributed by atoms with Crippen LogP contribution in [0.1, 0.15) is 40.5 Å². The molecule has 2 fully saturated rings. The second-order valence-electron chi connectivity index (χ2n) is 4.95. The van der Waals surface area contributed by atoms with Gasteiger partial charge in [-0.05, 0) is 35.5 Å². The highest BCUT2D eigenvalue weighted by atomic mass is 14.8. The van der Waals surface area contributed by atoms with Crippen LogP contribution in [-0.4, -0.2) is 0 Å². The fourth-order valence-electron chi connectivity index (χ4n) is 3.37. The van der Waals surface area contributed by atoms with E-state index in [1.165, 1.54) is 12.8 Å². The van der Waals surface area contributed by atoms with E-state index in [-0.39, 0.29) is 0 Å². The van der Waals surface area contributed by atoms with Gasteiger partial charge in [0.25, 0.3) is 0 Å². The molecular formula is C10H18. The smallest absolute Gasteiger partial charge is 0.0212 e. The summed E-state index contributed by atoms with van der Waals surface area (Å²) in [6.45, 7) is 9.71. The van der Waals surface area contributed by atoms with E-state index in [0.29, 0.717) is 5.41 Å². The van der Waals surface area contributed by atoms with E-state index in [4.69, 9.17) is 0 Å². The SMILES string of the molecule is CC(C)C1(C)C2CCC21C. The van der Waals surface area contributed by atoms with E-state index < -0.39 is 0 Å². The molecule has 10 heavy (non-hydrogen) atoms. The highest BCUT2D eigenvalue weighted by Gasteiger charge is 2.75. The first-order valence-electron chi connectivity index (χ1n) is 4.53. The van der Waals surface area contributed by atoms with Crippen molar-refractivity contribution in [3.05, 3.63) is 0 Å². The van der Waals surface area contributed by atoms with Crippen molar-refractivity contribution in [1.82, 2.24) is 0 Å². The van der Waals surface area contributed by atoms with Crippen LogP contribution in [0.3, 0.4) is 0 Å². The Bertz CT molecular complexity index is 171. The third-order valence-electron chi connectivity index (χ3n) is 4.79. The van der Waals surface area contributed by atoms with Crippen molar-refractivity contribution in [2.24, 2.45) is 22.7 Å². The first kappa shape index (κ1) is 6.69. The molecule has 0 aromatic heterocycles. The Labute approximate surface area is 64.0 Å². The summed E-state index contributed by atoms with van der Waals surface area (Å²) in [6, 6.07) is 0. The lowest BCUT2D eigenvalue weighted by atomic mass is 9.83. The van der Waals surface area contributed by atoms with Crippen molar-refractivity contribution in [2.75, 3.05) is 0 Å². The van der Waals surface area contributed by atoms with Gasteiger partial charge in [0.2, 0.25) is 0 Å². The molecule has 0 heteroatoms. The summed E-state index contributed by atoms with van der Waals surface area (Å²) in [5, 5.41) is 0. The van der Waals surface area contributed by atoms with Crippen molar-refractivity contribution in [3.8, 4) is 0 Å². The standard InChI is InChI=1S/C10H18/c1-7(2)10(4)8-5-6-9(8,10)3/h7-8H,5-6H2,1-4H3. The van der Waals surface area contributed by atoms with Gasteiger partial charge in [-0.25, -0.2) is 0 Å². The molecule has 2 rings (SSSR count). The third kappa shape index (κ3) is 0.408. The Morgan fingerprint density at radius 2 is 1.80 bits per heavy atom. The monoisotopic (exact) mass is 138 g/mol. The maximum atomic E-state index is 2.48. The summed E-state index contributed by atoms with van der Waals surface area (Å²) in [6.07, 6.45) is 3.00. The van der Waals surface area contributed by atoms with Crippen LogP contribution in [0.4, 0.5) is 0 Å². The highest BCUT2D eigenvalue weighted by molar-refractivity contribution is 5.24. The lowest BCUT2D eigenvalue weighted by molar-refractivity contribution is 0.278. The molecule has 3 unspecified atom stereocenters. The maximum absolute atomic E-state index is 2.48. The van der Waals surface area contributed by atoms with Crippen molar-refractivity contribution in [3.63, 3.8) is 0 Å². The molecule has 0 aromatic rings. The average Bonchev–Trinajstić information content (AvgIpc) is 2.11. The summed E-state index contributed by atoms with van der Waals surface area (Å²) in [7, 11) is 0. The molecule has 0 bridgehead atoms. The largest absolute Gasteiger partial charge is 0.0622 e. The molecule has 3 atom stereocenters. The molecule has 0 saturated heterocycles. The first-order chi connectivity index (χ1) is 4.53. The van der Waals surface area contributed by atoms with E-state index in [9.17, 15) is 0 Å². The first-order valence-corrected chi connectivity index (χ1v) is 4.53. The summed E-state index contributed by atoms with van der Waals surface area (Å²) >= 11 is 0. The molecule has 0 amide bonds. The van der Waals surface area contributed by atoms with Crippen LogP contribution in [-0.2, 0) is 0 Å². The summed E-state index contributed by atoms with van der Waals surface area (Å²) in [5.74, 6) is 1.98. The van der Waals surface area contributed by atoms with Gasteiger partial charge < -0.3 is 0 Å². The number of hydrogen-bond donors (Lipinski definition) is 0. The van der Waals surface area contributed by atoms with Crippen LogP contribution in [0, 0.1) is 22.7 Å². The molecule has 0 radical (unpaired) electrons. The molecule has 58 valence electrons. The quantitative estimate of drug-likeness (QED) is 0.522. The van der Waals surface area contributed by atoms with Crippen LogP contribution in [0.5, 0.6) is 0 Å². The van der Waals surface area contributed by atoms with Crippen molar-refractivity contribution >= 4 is 0 Å². The number of rotatable bonds is 1. The van der Waals surface area contributed by atoms with Gasteiger partial charge in [0.1, 0.15) is 0 Å². The van der Waals surface area contributed by atoms with Crippen LogP contribution < -0.4 is 0 Å². The Morgan fingerprint density at radius 3 is 1.90 bits per heavy atom. The zero-order chi connectivity index (χ0) is 7.57. The van der Waals surface area contributed by atoms with Gasteiger partial charge in [-0.15, -0.1) is 0 Å². The molecule has 0 nitrogen and oxygen atoms in total. The molecule has 2 aliphatic rings. The zero-order valence-corrected chi connectivity index (χ0v) is 7.57. The molecule has 0 N–H and O–H groups in total. The average molecular weight is 138 g/mol. The Balaban J connectivity index is 2.21. The summed E-state index contributed by atoms with van der Waals surface area (Å²) < 4.78 is 0. The fraction of sp³-hybridized carbons (Fsp3) is 1.00. The zero-order valence-electron chi connectivity index (χ0n) is 7.57. The Hall–Kier alpha value is 0. The fourth-order valence-corrected chi connectivity index (χ4v) is 3.37. The predicted molar refractivity (Wildman–Crippen MR) is 43.8 cm³/mol. The molecule has 2 saturated carbocycles. The second kappa shape index (κ2) is 1.44. The van der Waals surface area contributed by atoms with Crippen molar-refractivity contribution < 1.29 is 0 Å². The molecule has 0 aromatic carbocycles. The van der Waals surface area contributed by atoms with Crippen molar-refractivity contribution in [2.45, 2.75) is 40.5 Å². The van der Waals surface area contributed by atoms with Crippen LogP contribution in [0.25, 0.3) is 0 Å². The van der Waals surface area contributed by atoms with Gasteiger partial charge in [0.15, 0.2) is 0 Å². The van der Waals surface area contributed by atoms with Gasteiger partial charge in [0.05, 0.1) is 0 Å². The molecule has 0 spiro atoms. The van der Waals surface area contributed by atoms with Gasteiger partial charge in [-0.3, -0.25) is 0 Å². The Kier molecular flexibility index (Phi) is 0.964. The van der Waals surface area contributed by atoms with Gasteiger partial charge >= 0.3 is 0 Å². The molecule has 0 aliphatic heterocycles. The maximum Gasteiger partial charge on any atom is -0.0212 e. The van der Waals surface area contributed by atoms with Gasteiger partial charge in [0, 0.05) is 0 Å². The normalized spacial score (nSPS) is 57.9. The molecule has 2 aliphatic carbocycles. The van der Waals surface area contributed by atoms with Crippen LogP contribution in [0.2, 0.25) is 0 Å². The predicted octanol–water partition coefficient (Wildman–Crippen LogP) is 3.08. The van der Waals surface area contributed by atoms with Crippen LogP contribution in [0.15, 0.2) is 0 Å². The minimum absolute atomic E-state index is 0.715. The Morgan fingerprint density at radius 1 is 1.30 bits per heavy atom. The van der Waals surface area contributed by atoms with E-state index in [2.05, 4.69) is 27.7 Å². The van der Waals surface area contributed by atoms with Crippen LogP contribution >= 0.6 is 0 Å². The summed E-state index contributed by atoms with van der Waals surface area (Å²) in [4.78, 5) is 0. The van der Waals surface area contributed by atoms with Gasteiger partial charge in [-0.1, -0.05) is 27.7 Å². The van der Waals surface area contributed by atoms with Crippen molar-refractivity contribution in [1.29, 1.82) is 0 Å². The lowest BCUT2D eigenvalue weighted by Gasteiger charge is -2.22. The second-order valence-corrected chi connectivity index (χ2v) is 4.95. The molecular weight excluding hydrogens is 120 g/mol. The minimum atomic E-state index is 0.715. The summed E-state index contributed by atoms with van der Waals surface area (Å²) in [5.41, 5.74) is 1.48. The van der Waals surface area contributed by atoms with Gasteiger partial charge in [-0.2, -0.15) is 0 Å². The highest BCUT2D eigenvalue weighted by Crippen LogP contribution is 2.82. The minimum Gasteiger partial charge on any atom is -0.0622 e. The van der Waals surface area contributed by atoms with E-state index in [1.807, 2.05) is 0 Å². The third-order valence-corrected chi connectivity index (χ3v) is 4.79. The van der Waals surface area contributed by atoms with E-state index >= 15 is 0 Å². The number of hydrogen-bond acceptors (Lipinski definition) is 0.